The first-order valence-electron chi connectivity index (χ1n) is 15.6. The van der Waals surface area contributed by atoms with E-state index in [2.05, 4.69) is 172 Å². The number of hydrogen-bond donors (Lipinski definition) is 0. The van der Waals surface area contributed by atoms with Crippen molar-refractivity contribution in [3.63, 3.8) is 0 Å². The molecule has 8 rings (SSSR count). The molecule has 2 aliphatic rings. The van der Waals surface area contributed by atoms with Crippen LogP contribution in [0.1, 0.15) is 57.3 Å². The van der Waals surface area contributed by atoms with Crippen LogP contribution in [0.25, 0.3) is 16.7 Å². The normalized spacial score (nSPS) is 14.0. The molecule has 0 fully saturated rings. The fourth-order valence-corrected chi connectivity index (χ4v) is 17.4. The van der Waals surface area contributed by atoms with Crippen molar-refractivity contribution in [3.05, 3.63) is 208 Å². The van der Waals surface area contributed by atoms with Crippen LogP contribution in [0.5, 0.6) is 0 Å². The Bertz CT molecular complexity index is 1990. The number of halogens is 2. The summed E-state index contributed by atoms with van der Waals surface area (Å²) in [4.78, 5) is 0. The van der Waals surface area contributed by atoms with Gasteiger partial charge in [-0.2, -0.15) is 0 Å². The molecule has 0 nitrogen and oxygen atoms in total. The molecular formula is C43H34Cl2Zr. The molecule has 0 aliphatic heterocycles. The molecule has 0 bridgehead atoms. The first kappa shape index (κ1) is 32.3. The van der Waals surface area contributed by atoms with Crippen LogP contribution in [-0.2, 0) is 21.3 Å². The second kappa shape index (κ2) is 13.6. The van der Waals surface area contributed by atoms with Crippen LogP contribution < -0.4 is 24.8 Å². The van der Waals surface area contributed by atoms with Gasteiger partial charge in [-0.15, -0.1) is 0 Å². The minimum Gasteiger partial charge on any atom is -1.00 e. The molecule has 1 atom stereocenters. The molecular weight excluding hydrogens is 679 g/mol. The number of rotatable bonds is 5. The van der Waals surface area contributed by atoms with Crippen LogP contribution in [0.3, 0.4) is 0 Å². The summed E-state index contributed by atoms with van der Waals surface area (Å²) in [7, 11) is 0. The van der Waals surface area contributed by atoms with Gasteiger partial charge in [0, 0.05) is 0 Å². The van der Waals surface area contributed by atoms with Crippen molar-refractivity contribution in [2.45, 2.75) is 21.1 Å². The average Bonchev–Trinajstić information content (AvgIpc) is 3.60. The molecule has 1 unspecified atom stereocenters. The molecule has 46 heavy (non-hydrogen) atoms. The smallest absolute Gasteiger partial charge is 1.00 e. The number of hydrogen-bond acceptors (Lipinski definition) is 0. The summed E-state index contributed by atoms with van der Waals surface area (Å²) >= 11 is -2.87. The fourth-order valence-electron chi connectivity index (χ4n) is 7.51. The SMILES string of the molecule is Cc1ccc2c(c1)[CH]([Zr+2](=[C](c1ccccc1)c1ccccc1)[CH]1C=C(c3ccccc3)c3ccccc31)c1cc(C)ccc1-2.[Cl-].[Cl-]. The Balaban J connectivity index is 0.00000186. The molecule has 0 radical (unpaired) electrons. The van der Waals surface area contributed by atoms with Gasteiger partial charge in [-0.25, -0.2) is 0 Å². The zero-order chi connectivity index (χ0) is 29.6. The summed E-state index contributed by atoms with van der Waals surface area (Å²) in [5, 5.41) is 0. The number of aryl methyl sites for hydroxylation is 2. The maximum atomic E-state index is 2.67. The van der Waals surface area contributed by atoms with E-state index in [9.17, 15) is 0 Å². The van der Waals surface area contributed by atoms with Gasteiger partial charge in [0.25, 0.3) is 0 Å². The summed E-state index contributed by atoms with van der Waals surface area (Å²) in [6, 6.07) is 57.3. The standard InChI is InChI=1S/C15H13.C15H11.C13H10.2ClH.Zr/c1-10-3-5-14-12(7-10)9-13-8-11(2)4-6-15(13)14;1-2-6-12(7-3-1)15-11-10-13-8-4-5-9-14(13)15;1-3-7-12(8-4-1)11-13-9-5-2-6-10-13;;;/h3-9H,1-2H3;1-11H;1-10H;2*1H;/q;;;;;+2/p-2. The zero-order valence-electron chi connectivity index (χ0n) is 25.9. The monoisotopic (exact) mass is 710 g/mol. The van der Waals surface area contributed by atoms with Crippen molar-refractivity contribution in [2.24, 2.45) is 0 Å². The van der Waals surface area contributed by atoms with Crippen molar-refractivity contribution < 1.29 is 46.1 Å². The van der Waals surface area contributed by atoms with Gasteiger partial charge in [-0.05, 0) is 0 Å². The second-order valence-electron chi connectivity index (χ2n) is 12.2. The number of fused-ring (bicyclic) bond motifs is 4. The number of benzene rings is 6. The van der Waals surface area contributed by atoms with E-state index in [1.54, 1.807) is 3.21 Å². The summed E-state index contributed by atoms with van der Waals surface area (Å²) in [5.74, 6) is 0. The maximum Gasteiger partial charge on any atom is -1.00 e. The van der Waals surface area contributed by atoms with Crippen molar-refractivity contribution in [1.82, 2.24) is 0 Å². The van der Waals surface area contributed by atoms with Crippen LogP contribution in [-0.4, -0.2) is 3.21 Å². The van der Waals surface area contributed by atoms with Crippen molar-refractivity contribution in [1.29, 1.82) is 0 Å². The van der Waals surface area contributed by atoms with E-state index in [0.29, 0.717) is 7.25 Å². The van der Waals surface area contributed by atoms with Crippen LogP contribution in [0.4, 0.5) is 0 Å². The van der Waals surface area contributed by atoms with Gasteiger partial charge in [0.2, 0.25) is 0 Å². The van der Waals surface area contributed by atoms with Crippen LogP contribution in [0.15, 0.2) is 158 Å². The van der Waals surface area contributed by atoms with Gasteiger partial charge >= 0.3 is 270 Å². The molecule has 6 aromatic rings. The van der Waals surface area contributed by atoms with Crippen LogP contribution in [0, 0.1) is 13.8 Å². The van der Waals surface area contributed by atoms with Gasteiger partial charge in [-0.1, -0.05) is 0 Å². The van der Waals surface area contributed by atoms with Gasteiger partial charge < -0.3 is 24.8 Å². The first-order chi connectivity index (χ1) is 21.7. The van der Waals surface area contributed by atoms with E-state index in [1.165, 1.54) is 66.8 Å². The Morgan fingerprint density at radius 3 is 1.50 bits per heavy atom. The quantitative estimate of drug-likeness (QED) is 0.248. The molecule has 2 aliphatic carbocycles. The van der Waals surface area contributed by atoms with E-state index in [0.717, 1.165) is 0 Å². The van der Waals surface area contributed by atoms with E-state index >= 15 is 0 Å². The van der Waals surface area contributed by atoms with Crippen LogP contribution in [0.2, 0.25) is 0 Å². The summed E-state index contributed by atoms with van der Waals surface area (Å²) in [6.07, 6.45) is 2.67. The Labute approximate surface area is 292 Å². The van der Waals surface area contributed by atoms with Crippen molar-refractivity contribution in [2.75, 3.05) is 0 Å². The molecule has 0 saturated carbocycles. The first-order valence-corrected chi connectivity index (χ1v) is 19.7. The van der Waals surface area contributed by atoms with Gasteiger partial charge in [0.05, 0.1) is 0 Å². The van der Waals surface area contributed by atoms with Crippen molar-refractivity contribution in [3.8, 4) is 11.1 Å². The molecule has 0 spiro atoms. The Morgan fingerprint density at radius 2 is 0.957 bits per heavy atom. The molecule has 0 aromatic heterocycles. The summed E-state index contributed by atoms with van der Waals surface area (Å²) in [6.45, 7) is 4.51. The zero-order valence-corrected chi connectivity index (χ0v) is 29.9. The van der Waals surface area contributed by atoms with Gasteiger partial charge in [0.15, 0.2) is 0 Å². The molecule has 0 heterocycles. The van der Waals surface area contributed by atoms with E-state index in [1.807, 2.05) is 0 Å². The third kappa shape index (κ3) is 5.64. The Hall–Kier alpha value is -3.61. The van der Waals surface area contributed by atoms with Crippen molar-refractivity contribution >= 4 is 8.78 Å². The summed E-state index contributed by atoms with van der Waals surface area (Å²) in [5.41, 5.74) is 16.9. The van der Waals surface area contributed by atoms with Crippen LogP contribution >= 0.6 is 0 Å². The van der Waals surface area contributed by atoms with E-state index < -0.39 is 21.3 Å². The Morgan fingerprint density at radius 1 is 0.478 bits per heavy atom. The predicted octanol–water partition coefficient (Wildman–Crippen LogP) is 4.46. The third-order valence-corrected chi connectivity index (χ3v) is 18.1. The van der Waals surface area contributed by atoms with Gasteiger partial charge in [0.1, 0.15) is 0 Å². The van der Waals surface area contributed by atoms with E-state index in [4.69, 9.17) is 0 Å². The second-order valence-corrected chi connectivity index (χ2v) is 18.6. The largest absolute Gasteiger partial charge is 1.00 e. The topological polar surface area (TPSA) is 0 Å². The van der Waals surface area contributed by atoms with Gasteiger partial charge in [-0.3, -0.25) is 0 Å². The molecule has 224 valence electrons. The summed E-state index contributed by atoms with van der Waals surface area (Å²) < 4.78 is 2.37. The molecule has 3 heteroatoms. The third-order valence-electron chi connectivity index (χ3n) is 9.39. The molecule has 0 saturated heterocycles. The molecule has 6 aromatic carbocycles. The predicted molar refractivity (Wildman–Crippen MR) is 182 cm³/mol. The number of allylic oxidation sites excluding steroid dienone is 1. The maximum absolute atomic E-state index is 2.87. The average molecular weight is 713 g/mol. The minimum atomic E-state index is -2.87. The molecule has 0 amide bonds. The Kier molecular flexibility index (Phi) is 9.58. The fraction of sp³-hybridized carbons (Fsp3) is 0.0930. The minimum absolute atomic E-state index is 0. The molecule has 0 N–H and O–H groups in total. The van der Waals surface area contributed by atoms with E-state index in [-0.39, 0.29) is 24.8 Å².